The first-order valence-electron chi connectivity index (χ1n) is 6.32. The van der Waals surface area contributed by atoms with E-state index < -0.39 is 0 Å². The standard InChI is InChI=1S/C15H20N2O/c1-10(2)18-14-7-5-6-12-8-11(3)13(9-16-4)17-15(12)14/h5-8,10,16H,9H2,1-4H3. The summed E-state index contributed by atoms with van der Waals surface area (Å²) in [5.74, 6) is 0.861. The second-order valence-electron chi connectivity index (χ2n) is 4.78. The van der Waals surface area contributed by atoms with Gasteiger partial charge in [0.25, 0.3) is 0 Å². The Kier molecular flexibility index (Phi) is 3.82. The van der Waals surface area contributed by atoms with Gasteiger partial charge in [-0.3, -0.25) is 0 Å². The van der Waals surface area contributed by atoms with Crippen molar-refractivity contribution >= 4 is 10.9 Å². The molecule has 1 heterocycles. The first-order valence-corrected chi connectivity index (χ1v) is 6.32. The lowest BCUT2D eigenvalue weighted by Crippen LogP contribution is -2.10. The number of fused-ring (bicyclic) bond motifs is 1. The lowest BCUT2D eigenvalue weighted by atomic mass is 10.1. The SMILES string of the molecule is CNCc1nc2c(OC(C)C)cccc2cc1C. The van der Waals surface area contributed by atoms with Crippen molar-refractivity contribution in [2.45, 2.75) is 33.4 Å². The molecule has 1 aromatic heterocycles. The highest BCUT2D eigenvalue weighted by atomic mass is 16.5. The van der Waals surface area contributed by atoms with Crippen molar-refractivity contribution in [1.29, 1.82) is 0 Å². The molecule has 0 radical (unpaired) electrons. The maximum Gasteiger partial charge on any atom is 0.145 e. The largest absolute Gasteiger partial charge is 0.489 e. The molecule has 0 fully saturated rings. The number of aromatic nitrogens is 1. The molecule has 18 heavy (non-hydrogen) atoms. The van der Waals surface area contributed by atoms with Gasteiger partial charge in [0, 0.05) is 11.9 Å². The average Bonchev–Trinajstić information content (AvgIpc) is 2.30. The number of hydrogen-bond acceptors (Lipinski definition) is 3. The van der Waals surface area contributed by atoms with E-state index in [1.807, 2.05) is 33.0 Å². The Balaban J connectivity index is 2.55. The number of rotatable bonds is 4. The molecule has 2 aromatic rings. The van der Waals surface area contributed by atoms with Gasteiger partial charge in [-0.1, -0.05) is 12.1 Å². The van der Waals surface area contributed by atoms with Crippen molar-refractivity contribution in [3.8, 4) is 5.75 Å². The van der Waals surface area contributed by atoms with Crippen LogP contribution in [0.25, 0.3) is 10.9 Å². The Hall–Kier alpha value is -1.61. The van der Waals surface area contributed by atoms with Crippen molar-refractivity contribution in [3.05, 3.63) is 35.5 Å². The summed E-state index contributed by atoms with van der Waals surface area (Å²) in [5, 5.41) is 4.28. The topological polar surface area (TPSA) is 34.2 Å². The summed E-state index contributed by atoms with van der Waals surface area (Å²) >= 11 is 0. The van der Waals surface area contributed by atoms with E-state index in [0.717, 1.165) is 28.9 Å². The van der Waals surface area contributed by atoms with E-state index in [1.54, 1.807) is 0 Å². The predicted molar refractivity (Wildman–Crippen MR) is 75.0 cm³/mol. The molecule has 0 atom stereocenters. The lowest BCUT2D eigenvalue weighted by molar-refractivity contribution is 0.245. The molecule has 0 aliphatic carbocycles. The van der Waals surface area contributed by atoms with Crippen LogP contribution in [-0.2, 0) is 6.54 Å². The molecule has 1 aromatic carbocycles. The molecule has 2 rings (SSSR count). The smallest absolute Gasteiger partial charge is 0.145 e. The molecule has 0 saturated carbocycles. The van der Waals surface area contributed by atoms with Crippen LogP contribution in [0, 0.1) is 6.92 Å². The Labute approximate surface area is 108 Å². The van der Waals surface area contributed by atoms with Crippen LogP contribution in [-0.4, -0.2) is 18.1 Å². The highest BCUT2D eigenvalue weighted by Crippen LogP contribution is 2.26. The zero-order valence-electron chi connectivity index (χ0n) is 11.4. The zero-order chi connectivity index (χ0) is 13.1. The van der Waals surface area contributed by atoms with Gasteiger partial charge in [-0.2, -0.15) is 0 Å². The first kappa shape index (κ1) is 12.8. The molecule has 0 bridgehead atoms. The zero-order valence-corrected chi connectivity index (χ0v) is 11.4. The van der Waals surface area contributed by atoms with Crippen molar-refractivity contribution in [3.63, 3.8) is 0 Å². The minimum Gasteiger partial charge on any atom is -0.489 e. The average molecular weight is 244 g/mol. The number of aryl methyl sites for hydroxylation is 1. The van der Waals surface area contributed by atoms with E-state index in [2.05, 4.69) is 24.4 Å². The Morgan fingerprint density at radius 3 is 2.78 bits per heavy atom. The predicted octanol–water partition coefficient (Wildman–Crippen LogP) is 3.05. The van der Waals surface area contributed by atoms with Gasteiger partial charge in [0.15, 0.2) is 0 Å². The molecule has 0 amide bonds. The van der Waals surface area contributed by atoms with E-state index in [9.17, 15) is 0 Å². The number of ether oxygens (including phenoxy) is 1. The van der Waals surface area contributed by atoms with Crippen molar-refractivity contribution < 1.29 is 4.74 Å². The first-order chi connectivity index (χ1) is 8.61. The molecule has 96 valence electrons. The minimum atomic E-state index is 0.159. The summed E-state index contributed by atoms with van der Waals surface area (Å²) in [6, 6.07) is 8.24. The molecular weight excluding hydrogens is 224 g/mol. The molecule has 0 aliphatic heterocycles. The Bertz CT molecular complexity index is 549. The molecule has 0 spiro atoms. The third-order valence-electron chi connectivity index (χ3n) is 2.81. The van der Waals surface area contributed by atoms with Gasteiger partial charge in [-0.25, -0.2) is 4.98 Å². The van der Waals surface area contributed by atoms with Crippen molar-refractivity contribution in [1.82, 2.24) is 10.3 Å². The van der Waals surface area contributed by atoms with E-state index in [1.165, 1.54) is 5.56 Å². The van der Waals surface area contributed by atoms with Crippen LogP contribution < -0.4 is 10.1 Å². The fraction of sp³-hybridized carbons (Fsp3) is 0.400. The highest BCUT2D eigenvalue weighted by molar-refractivity contribution is 5.85. The molecule has 1 N–H and O–H groups in total. The van der Waals surface area contributed by atoms with E-state index >= 15 is 0 Å². The number of para-hydroxylation sites is 1. The summed E-state index contributed by atoms with van der Waals surface area (Å²) in [5.41, 5.74) is 3.23. The number of pyridine rings is 1. The fourth-order valence-electron chi connectivity index (χ4n) is 2.01. The quantitative estimate of drug-likeness (QED) is 0.897. The van der Waals surface area contributed by atoms with Gasteiger partial charge in [0.2, 0.25) is 0 Å². The van der Waals surface area contributed by atoms with E-state index in [-0.39, 0.29) is 6.10 Å². The highest BCUT2D eigenvalue weighted by Gasteiger charge is 2.08. The van der Waals surface area contributed by atoms with Crippen LogP contribution >= 0.6 is 0 Å². The van der Waals surface area contributed by atoms with Crippen molar-refractivity contribution in [2.24, 2.45) is 0 Å². The van der Waals surface area contributed by atoms with Gasteiger partial charge in [-0.15, -0.1) is 0 Å². The van der Waals surface area contributed by atoms with Gasteiger partial charge in [0.05, 0.1) is 11.8 Å². The van der Waals surface area contributed by atoms with Gasteiger partial charge in [0.1, 0.15) is 11.3 Å². The molecule has 3 heteroatoms. The maximum absolute atomic E-state index is 5.82. The molecule has 3 nitrogen and oxygen atoms in total. The summed E-state index contributed by atoms with van der Waals surface area (Å²) in [7, 11) is 1.93. The lowest BCUT2D eigenvalue weighted by Gasteiger charge is -2.13. The summed E-state index contributed by atoms with van der Waals surface area (Å²) < 4.78 is 5.82. The number of nitrogens with zero attached hydrogens (tertiary/aromatic N) is 1. The third kappa shape index (κ3) is 2.62. The number of hydrogen-bond donors (Lipinski definition) is 1. The van der Waals surface area contributed by atoms with Gasteiger partial charge >= 0.3 is 0 Å². The van der Waals surface area contributed by atoms with E-state index in [0.29, 0.717) is 0 Å². The molecule has 0 saturated heterocycles. The fourth-order valence-corrected chi connectivity index (χ4v) is 2.01. The van der Waals surface area contributed by atoms with Crippen LogP contribution in [0.4, 0.5) is 0 Å². The number of nitrogens with one attached hydrogen (secondary N) is 1. The second kappa shape index (κ2) is 5.36. The van der Waals surface area contributed by atoms with Crippen molar-refractivity contribution in [2.75, 3.05) is 7.05 Å². The summed E-state index contributed by atoms with van der Waals surface area (Å²) in [6.07, 6.45) is 0.159. The third-order valence-corrected chi connectivity index (χ3v) is 2.81. The molecular formula is C15H20N2O. The minimum absolute atomic E-state index is 0.159. The number of benzene rings is 1. The monoisotopic (exact) mass is 244 g/mol. The van der Waals surface area contributed by atoms with Crippen LogP contribution in [0.1, 0.15) is 25.1 Å². The van der Waals surface area contributed by atoms with E-state index in [4.69, 9.17) is 9.72 Å². The van der Waals surface area contributed by atoms with Crippen LogP contribution in [0.3, 0.4) is 0 Å². The summed E-state index contributed by atoms with van der Waals surface area (Å²) in [6.45, 7) is 6.93. The summed E-state index contributed by atoms with van der Waals surface area (Å²) in [4.78, 5) is 4.73. The van der Waals surface area contributed by atoms with Crippen LogP contribution in [0.5, 0.6) is 5.75 Å². The maximum atomic E-state index is 5.82. The van der Waals surface area contributed by atoms with Gasteiger partial charge < -0.3 is 10.1 Å². The molecule has 0 aliphatic rings. The molecule has 0 unspecified atom stereocenters. The normalized spacial score (nSPS) is 11.2. The van der Waals surface area contributed by atoms with Crippen LogP contribution in [0.15, 0.2) is 24.3 Å². The van der Waals surface area contributed by atoms with Crippen LogP contribution in [0.2, 0.25) is 0 Å². The van der Waals surface area contributed by atoms with Gasteiger partial charge in [-0.05, 0) is 45.5 Å². The Morgan fingerprint density at radius 1 is 1.33 bits per heavy atom. The second-order valence-corrected chi connectivity index (χ2v) is 4.78. The Morgan fingerprint density at radius 2 is 2.11 bits per heavy atom.